The first-order valence-corrected chi connectivity index (χ1v) is 39.3. The number of nitrogens with two attached hydrogens (primary N) is 3. The Bertz CT molecular complexity index is 3790. The Morgan fingerprint density at radius 1 is 0.400 bits per heavy atom. The van der Waals surface area contributed by atoms with Crippen LogP contribution in [0.5, 0.6) is 0 Å². The third-order valence-corrected chi connectivity index (χ3v) is 17.8. The van der Waals surface area contributed by atoms with E-state index in [-0.39, 0.29) is 121 Å². The molecule has 0 saturated heterocycles. The number of nitrogens with one attached hydrogen (secondary N) is 6. The number of nitrogens with zero attached hydrogens (tertiary/aromatic N) is 7. The summed E-state index contributed by atoms with van der Waals surface area (Å²) in [4.78, 5) is 157. The first-order valence-electron chi connectivity index (χ1n) is 39.3. The summed E-state index contributed by atoms with van der Waals surface area (Å²) >= 11 is 0. The molecule has 2 unspecified atom stereocenters. The number of Topliss-reactive ketones (excluding diaryl/α,β-unsaturated/α-hetero) is 2. The molecule has 37 nitrogen and oxygen atoms in total. The van der Waals surface area contributed by atoms with Crippen molar-refractivity contribution in [1.82, 2.24) is 66.0 Å². The number of H-pyrrole nitrogens is 2. The van der Waals surface area contributed by atoms with Gasteiger partial charge in [-0.1, -0.05) is 48.5 Å². The predicted molar refractivity (Wildman–Crippen MR) is 423 cm³/mol. The van der Waals surface area contributed by atoms with Gasteiger partial charge < -0.3 is 96.2 Å². The van der Waals surface area contributed by atoms with Crippen LogP contribution < -0.4 is 49.6 Å². The van der Waals surface area contributed by atoms with E-state index in [1.807, 2.05) is 0 Å². The van der Waals surface area contributed by atoms with Crippen LogP contribution in [0, 0.1) is 11.8 Å². The number of carboxylic acids is 2. The van der Waals surface area contributed by atoms with Gasteiger partial charge >= 0.3 is 11.9 Å². The van der Waals surface area contributed by atoms with Gasteiger partial charge in [0.15, 0.2) is 33.9 Å². The number of carboxylic acid groups (broad SMARTS) is 2. The van der Waals surface area contributed by atoms with Crippen molar-refractivity contribution in [3.05, 3.63) is 115 Å². The van der Waals surface area contributed by atoms with Crippen molar-refractivity contribution in [3.8, 4) is 0 Å². The molecule has 4 amide bonds. The lowest BCUT2D eigenvalue weighted by atomic mass is 9.93. The van der Waals surface area contributed by atoms with Gasteiger partial charge in [-0.15, -0.1) is 0 Å². The van der Waals surface area contributed by atoms with E-state index in [1.54, 1.807) is 48.5 Å². The Kier molecular flexibility index (Phi) is 46.2. The number of anilines is 2. The van der Waals surface area contributed by atoms with Crippen LogP contribution >= 0.6 is 0 Å². The van der Waals surface area contributed by atoms with Crippen molar-refractivity contribution in [3.63, 3.8) is 0 Å². The standard InChI is InChI=1S/C78H114N16O21/c79-25-1-33-107-39-45-113-50-44-112-38-6-30-94(31-23-67(99)84-28-4-36-110-42-48-114-46-40-108-34-2-26-82-65(97)21-17-59(75(103)104)51-63(95)57-13-7-55(8-14-57)11-19-61-53-86-69-71(88-61)90-77(80)92-73(69)101)32-24-68(100)85-29-5-37-111-43-49-115-47-41-109-35-3-27-83-66(98)22-18-60(76(105)106)52-64(96)58-15-9-56(10-16-58)12-20-62-54-87-70-72(89-62)91-78(81)93-74(70)102/h7-10,13-16,53-54,59-60H,1-6,11-12,17-52,79H2,(H,82,97)(H,83,98)(H,84,99)(H,85,100)(H,103,104)(H,105,106)(H3,80,88,90,92,101)(H3,81,89,91,93,102). The monoisotopic (exact) mass is 1610 g/mol. The highest BCUT2D eigenvalue weighted by Gasteiger charge is 2.25. The summed E-state index contributed by atoms with van der Waals surface area (Å²) in [6.07, 6.45) is 8.69. The van der Waals surface area contributed by atoms with E-state index >= 15 is 0 Å². The van der Waals surface area contributed by atoms with Gasteiger partial charge in [-0.05, 0) is 94.7 Å². The molecule has 632 valence electrons. The van der Waals surface area contributed by atoms with Gasteiger partial charge in [-0.2, -0.15) is 9.97 Å². The largest absolute Gasteiger partial charge is 0.481 e. The zero-order valence-electron chi connectivity index (χ0n) is 65.6. The Labute approximate surface area is 667 Å². The van der Waals surface area contributed by atoms with E-state index in [1.165, 1.54) is 12.4 Å². The Balaban J connectivity index is 0.711. The molecule has 4 aromatic heterocycles. The molecule has 0 saturated carbocycles. The summed E-state index contributed by atoms with van der Waals surface area (Å²) in [6, 6.07) is 13.7. The number of hydrogen-bond donors (Lipinski definition) is 11. The van der Waals surface area contributed by atoms with Gasteiger partial charge in [-0.3, -0.25) is 57.9 Å². The molecule has 2 atom stereocenters. The highest BCUT2D eigenvalue weighted by atomic mass is 16.6. The van der Waals surface area contributed by atoms with Crippen LogP contribution in [-0.2, 0) is 97.1 Å². The number of nitrogen functional groups attached to an aromatic ring is 2. The number of aromatic amines is 2. The zero-order valence-corrected chi connectivity index (χ0v) is 65.6. The van der Waals surface area contributed by atoms with E-state index in [4.69, 9.17) is 59.8 Å². The van der Waals surface area contributed by atoms with Crippen LogP contribution in [0.1, 0.15) is 133 Å². The minimum Gasteiger partial charge on any atom is -0.481 e. The molecule has 37 heteroatoms. The minimum absolute atomic E-state index is 0.00251. The second-order valence-corrected chi connectivity index (χ2v) is 26.9. The third-order valence-electron chi connectivity index (χ3n) is 17.8. The van der Waals surface area contributed by atoms with E-state index in [2.05, 4.69) is 66.0 Å². The van der Waals surface area contributed by atoms with Crippen molar-refractivity contribution >= 4 is 81.4 Å². The first kappa shape index (κ1) is 94.1. The summed E-state index contributed by atoms with van der Waals surface area (Å²) in [5.41, 5.74) is 20.0. The highest BCUT2D eigenvalue weighted by molar-refractivity contribution is 5.99. The molecule has 0 aliphatic carbocycles. The SMILES string of the molecule is NCCCOCCOCCOCCCN(CCC(=O)NCCCOCCOCCOCCCNC(=O)CCC(CC(=O)c1ccc(CCc2cnc3c(=O)[nH]c(N)nc3n2)cc1)C(=O)O)CCC(=O)NCCCOCCOCCOCCCNC(=O)CCC(CC(=O)c1ccc(CCc2cnc3c(=O)[nH]c(N)nc3n2)cc1)C(=O)O. The zero-order chi connectivity index (χ0) is 82.5. The van der Waals surface area contributed by atoms with Crippen LogP contribution in [-0.4, -0.2) is 273 Å². The number of aliphatic carboxylic acids is 2. The maximum Gasteiger partial charge on any atom is 0.306 e. The summed E-state index contributed by atoms with van der Waals surface area (Å²) in [5.74, 6) is -6.07. The molecule has 6 rings (SSSR count). The van der Waals surface area contributed by atoms with Crippen molar-refractivity contribution in [1.29, 1.82) is 0 Å². The fraction of sp³-hybridized carbons (Fsp3) is 0.590. The molecule has 6 aromatic rings. The molecule has 0 fully saturated rings. The molecular weight excluding hydrogens is 1500 g/mol. The van der Waals surface area contributed by atoms with Gasteiger partial charge in [0.1, 0.15) is 0 Å². The number of amides is 4. The summed E-state index contributed by atoms with van der Waals surface area (Å²) < 4.78 is 50.5. The fourth-order valence-electron chi connectivity index (χ4n) is 11.4. The Hall–Kier alpha value is -9.80. The maximum absolute atomic E-state index is 13.1. The number of ketones is 2. The first-order chi connectivity index (χ1) is 55.8. The lowest BCUT2D eigenvalue weighted by Crippen LogP contribution is -2.35. The van der Waals surface area contributed by atoms with E-state index in [9.17, 15) is 58.2 Å². The summed E-state index contributed by atoms with van der Waals surface area (Å²) in [5, 5.41) is 31.1. The second-order valence-electron chi connectivity index (χ2n) is 26.9. The number of carbonyl (C=O) groups excluding carboxylic acids is 6. The molecule has 0 bridgehead atoms. The van der Waals surface area contributed by atoms with Crippen LogP contribution in [0.3, 0.4) is 0 Å². The number of rotatable bonds is 67. The average Bonchev–Trinajstić information content (AvgIpc) is 0.817. The number of carbonyl (C=O) groups is 8. The lowest BCUT2D eigenvalue weighted by molar-refractivity contribution is -0.143. The quantitative estimate of drug-likeness (QED) is 0.0193. The molecule has 115 heavy (non-hydrogen) atoms. The van der Waals surface area contributed by atoms with Gasteiger partial charge in [0.25, 0.3) is 11.1 Å². The van der Waals surface area contributed by atoms with Crippen molar-refractivity contribution in [2.24, 2.45) is 17.6 Å². The number of aryl methyl sites for hydroxylation is 4. The van der Waals surface area contributed by atoms with Gasteiger partial charge in [0.05, 0.1) is 103 Å². The summed E-state index contributed by atoms with van der Waals surface area (Å²) in [6.45, 7) is 10.9. The molecule has 2 aromatic carbocycles. The molecule has 14 N–H and O–H groups in total. The summed E-state index contributed by atoms with van der Waals surface area (Å²) in [7, 11) is 0. The van der Waals surface area contributed by atoms with Crippen LogP contribution in [0.25, 0.3) is 22.3 Å². The normalized spacial score (nSPS) is 11.9. The Morgan fingerprint density at radius 2 is 0.713 bits per heavy atom. The lowest BCUT2D eigenvalue weighted by Gasteiger charge is -2.22. The smallest absolute Gasteiger partial charge is 0.306 e. The van der Waals surface area contributed by atoms with Gasteiger partial charge in [0.2, 0.25) is 35.5 Å². The van der Waals surface area contributed by atoms with Gasteiger partial charge in [0, 0.05) is 148 Å². The van der Waals surface area contributed by atoms with Crippen LogP contribution in [0.4, 0.5) is 11.9 Å². The number of ether oxygens (including phenoxy) is 9. The number of benzene rings is 2. The molecular formula is C78H114N16O21. The minimum atomic E-state index is -1.16. The second kappa shape index (κ2) is 56.5. The maximum atomic E-state index is 13.1. The van der Waals surface area contributed by atoms with E-state index in [0.717, 1.165) is 17.5 Å². The highest BCUT2D eigenvalue weighted by Crippen LogP contribution is 2.20. The molecule has 4 heterocycles. The topological polar surface area (TPSA) is 533 Å². The Morgan fingerprint density at radius 3 is 1.04 bits per heavy atom. The molecule has 0 radical (unpaired) electrons. The number of hydrogen-bond acceptors (Lipinski definition) is 29. The molecule has 0 spiro atoms. The van der Waals surface area contributed by atoms with Crippen molar-refractivity contribution < 1.29 is 91.2 Å². The van der Waals surface area contributed by atoms with Crippen LogP contribution in [0.2, 0.25) is 0 Å². The van der Waals surface area contributed by atoms with E-state index < -0.39 is 34.9 Å². The van der Waals surface area contributed by atoms with E-state index in [0.29, 0.717) is 252 Å². The fourth-order valence-corrected chi connectivity index (χ4v) is 11.4. The average molecular weight is 1610 g/mol. The predicted octanol–water partition coefficient (Wildman–Crippen LogP) is 2.28. The van der Waals surface area contributed by atoms with Crippen molar-refractivity contribution in [2.45, 2.75) is 116 Å². The van der Waals surface area contributed by atoms with Gasteiger partial charge in [-0.25, -0.2) is 19.9 Å². The number of fused-ring (bicyclic) bond motifs is 2. The van der Waals surface area contributed by atoms with Crippen LogP contribution in [0.15, 0.2) is 70.5 Å². The van der Waals surface area contributed by atoms with Crippen molar-refractivity contribution in [2.75, 3.05) is 183 Å². The molecule has 0 aliphatic rings. The third kappa shape index (κ3) is 40.4. The number of aromatic nitrogens is 8. The molecule has 0 aliphatic heterocycles.